The highest BCUT2D eigenvalue weighted by molar-refractivity contribution is 7.08. The first-order valence-electron chi connectivity index (χ1n) is 7.11. The van der Waals surface area contributed by atoms with Crippen LogP contribution in [0, 0.1) is 0 Å². The molecular weight excluding hydrogens is 284 g/mol. The number of hydrogen-bond donors (Lipinski definition) is 1. The van der Waals surface area contributed by atoms with Gasteiger partial charge in [-0.05, 0) is 48.0 Å². The number of anilines is 2. The van der Waals surface area contributed by atoms with Crippen LogP contribution in [0.4, 0.5) is 11.4 Å². The Morgan fingerprint density at radius 2 is 2.24 bits per heavy atom. The van der Waals surface area contributed by atoms with E-state index in [1.807, 2.05) is 36.9 Å². The predicted octanol–water partition coefficient (Wildman–Crippen LogP) is 2.84. The fourth-order valence-electron chi connectivity index (χ4n) is 2.71. The zero-order valence-electron chi connectivity index (χ0n) is 12.2. The summed E-state index contributed by atoms with van der Waals surface area (Å²) < 4.78 is 3.95. The van der Waals surface area contributed by atoms with Gasteiger partial charge in [-0.25, -0.2) is 0 Å². The number of nitrogens with zero attached hydrogens (tertiary/aromatic N) is 3. The van der Waals surface area contributed by atoms with Gasteiger partial charge in [-0.1, -0.05) is 24.4 Å². The predicted molar refractivity (Wildman–Crippen MR) is 84.8 cm³/mol. The van der Waals surface area contributed by atoms with Gasteiger partial charge in [-0.2, -0.15) is 0 Å². The molecule has 5 nitrogen and oxygen atoms in total. The van der Waals surface area contributed by atoms with Gasteiger partial charge in [0.05, 0.1) is 5.69 Å². The summed E-state index contributed by atoms with van der Waals surface area (Å²) in [5, 5.41) is 4.10. The Morgan fingerprint density at radius 3 is 3.00 bits per heavy atom. The van der Waals surface area contributed by atoms with Crippen molar-refractivity contribution in [3.05, 3.63) is 34.3 Å². The van der Waals surface area contributed by atoms with Gasteiger partial charge in [0.2, 0.25) is 0 Å². The minimum Gasteiger partial charge on any atom is -0.398 e. The first-order valence-corrected chi connectivity index (χ1v) is 7.88. The van der Waals surface area contributed by atoms with E-state index in [1.54, 1.807) is 0 Å². The second kappa shape index (κ2) is 5.44. The molecule has 0 bridgehead atoms. The lowest BCUT2D eigenvalue weighted by Crippen LogP contribution is -2.35. The Balaban J connectivity index is 2.01. The van der Waals surface area contributed by atoms with E-state index in [-0.39, 0.29) is 11.8 Å². The summed E-state index contributed by atoms with van der Waals surface area (Å²) in [5.41, 5.74) is 9.58. The van der Waals surface area contributed by atoms with E-state index in [0.717, 1.165) is 35.5 Å². The molecule has 0 aliphatic carbocycles. The van der Waals surface area contributed by atoms with Gasteiger partial charge in [0, 0.05) is 17.9 Å². The van der Waals surface area contributed by atoms with Crippen LogP contribution in [0.5, 0.6) is 0 Å². The average Bonchev–Trinajstić information content (AvgIpc) is 2.96. The van der Waals surface area contributed by atoms with Crippen LogP contribution in [0.25, 0.3) is 0 Å². The molecule has 1 amide bonds. The molecule has 2 N–H and O–H groups in total. The zero-order chi connectivity index (χ0) is 15.0. The number of fused-ring (bicyclic) bond motifs is 1. The van der Waals surface area contributed by atoms with E-state index in [2.05, 4.69) is 9.59 Å². The Morgan fingerprint density at radius 1 is 1.43 bits per heavy atom. The van der Waals surface area contributed by atoms with E-state index in [4.69, 9.17) is 5.73 Å². The molecule has 110 valence electrons. The minimum atomic E-state index is -0.0137. The summed E-state index contributed by atoms with van der Waals surface area (Å²) >= 11 is 1.17. The first-order chi connectivity index (χ1) is 10.1. The van der Waals surface area contributed by atoms with Crippen LogP contribution in [0.1, 0.15) is 47.1 Å². The van der Waals surface area contributed by atoms with Gasteiger partial charge >= 0.3 is 0 Å². The third-order valence-electron chi connectivity index (χ3n) is 3.79. The zero-order valence-corrected chi connectivity index (χ0v) is 13.0. The van der Waals surface area contributed by atoms with E-state index in [0.29, 0.717) is 11.4 Å². The van der Waals surface area contributed by atoms with Crippen molar-refractivity contribution in [3.63, 3.8) is 0 Å². The molecular formula is C15H18N4OS. The standard InChI is InChI=1S/C15H18N4OS/c1-9(2)13-14(21-18-17-13)15(20)19-8-4-5-10-11(16)6-3-7-12(10)19/h3,6-7,9H,4-5,8,16H2,1-2H3. The van der Waals surface area contributed by atoms with Crippen molar-refractivity contribution < 1.29 is 4.79 Å². The van der Waals surface area contributed by atoms with E-state index >= 15 is 0 Å². The van der Waals surface area contributed by atoms with Gasteiger partial charge < -0.3 is 10.6 Å². The largest absolute Gasteiger partial charge is 0.398 e. The Hall–Kier alpha value is -1.95. The molecule has 0 unspecified atom stereocenters. The molecule has 1 aromatic heterocycles. The van der Waals surface area contributed by atoms with E-state index in [9.17, 15) is 4.79 Å². The number of amides is 1. The van der Waals surface area contributed by atoms with Gasteiger partial charge in [0.1, 0.15) is 4.88 Å². The van der Waals surface area contributed by atoms with Crippen molar-refractivity contribution in [2.45, 2.75) is 32.6 Å². The van der Waals surface area contributed by atoms with Crippen molar-refractivity contribution in [2.75, 3.05) is 17.2 Å². The molecule has 0 spiro atoms. The molecule has 1 aliphatic rings. The number of carbonyl (C=O) groups is 1. The number of nitrogen functional groups attached to an aromatic ring is 1. The van der Waals surface area contributed by atoms with Crippen LogP contribution in [-0.4, -0.2) is 22.0 Å². The highest BCUT2D eigenvalue weighted by atomic mass is 32.1. The fourth-order valence-corrected chi connectivity index (χ4v) is 3.48. The monoisotopic (exact) mass is 302 g/mol. The molecule has 0 atom stereocenters. The van der Waals surface area contributed by atoms with Crippen LogP contribution >= 0.6 is 11.5 Å². The molecule has 0 fully saturated rings. The van der Waals surface area contributed by atoms with E-state index in [1.165, 1.54) is 11.5 Å². The van der Waals surface area contributed by atoms with Crippen LogP contribution < -0.4 is 10.6 Å². The topological polar surface area (TPSA) is 72.1 Å². The Kier molecular flexibility index (Phi) is 3.63. The summed E-state index contributed by atoms with van der Waals surface area (Å²) in [5.74, 6) is 0.174. The second-order valence-electron chi connectivity index (χ2n) is 5.55. The van der Waals surface area contributed by atoms with Crippen molar-refractivity contribution in [1.29, 1.82) is 0 Å². The lowest BCUT2D eigenvalue weighted by Gasteiger charge is -2.30. The number of aromatic nitrogens is 2. The lowest BCUT2D eigenvalue weighted by atomic mass is 9.99. The van der Waals surface area contributed by atoms with E-state index < -0.39 is 0 Å². The normalized spacial score (nSPS) is 14.3. The van der Waals surface area contributed by atoms with Crippen LogP contribution in [0.2, 0.25) is 0 Å². The average molecular weight is 302 g/mol. The molecule has 0 saturated carbocycles. The van der Waals surface area contributed by atoms with Crippen molar-refractivity contribution in [2.24, 2.45) is 0 Å². The number of nitrogens with two attached hydrogens (primary N) is 1. The van der Waals surface area contributed by atoms with Gasteiger partial charge in [0.15, 0.2) is 0 Å². The van der Waals surface area contributed by atoms with Crippen molar-refractivity contribution in [1.82, 2.24) is 9.59 Å². The first kappa shape index (κ1) is 14.0. The molecule has 21 heavy (non-hydrogen) atoms. The van der Waals surface area contributed by atoms with Crippen LogP contribution in [0.15, 0.2) is 18.2 Å². The number of carbonyl (C=O) groups excluding carboxylic acids is 1. The molecule has 2 heterocycles. The van der Waals surface area contributed by atoms with Crippen molar-refractivity contribution >= 4 is 28.8 Å². The number of rotatable bonds is 2. The molecule has 1 aromatic carbocycles. The lowest BCUT2D eigenvalue weighted by molar-refractivity contribution is 0.0987. The van der Waals surface area contributed by atoms with Gasteiger partial charge in [-0.3, -0.25) is 4.79 Å². The summed E-state index contributed by atoms with van der Waals surface area (Å²) in [6, 6.07) is 5.75. The minimum absolute atomic E-state index is 0.0137. The SMILES string of the molecule is CC(C)c1nnsc1C(=O)N1CCCc2c(N)cccc21. The molecule has 0 radical (unpaired) electrons. The Bertz CT molecular complexity index is 680. The molecule has 3 rings (SSSR count). The summed E-state index contributed by atoms with van der Waals surface area (Å²) in [7, 11) is 0. The molecule has 0 saturated heterocycles. The smallest absolute Gasteiger partial charge is 0.271 e. The maximum absolute atomic E-state index is 12.9. The highest BCUT2D eigenvalue weighted by Gasteiger charge is 2.28. The third-order valence-corrected chi connectivity index (χ3v) is 4.52. The summed E-state index contributed by atoms with van der Waals surface area (Å²) in [6.45, 7) is 4.76. The second-order valence-corrected chi connectivity index (χ2v) is 6.30. The Labute approximate surface area is 127 Å². The van der Waals surface area contributed by atoms with Gasteiger partial charge in [-0.15, -0.1) is 5.10 Å². The summed E-state index contributed by atoms with van der Waals surface area (Å²) in [4.78, 5) is 15.3. The number of benzene rings is 1. The highest BCUT2D eigenvalue weighted by Crippen LogP contribution is 2.33. The van der Waals surface area contributed by atoms with Crippen LogP contribution in [-0.2, 0) is 6.42 Å². The van der Waals surface area contributed by atoms with Crippen molar-refractivity contribution in [3.8, 4) is 0 Å². The van der Waals surface area contributed by atoms with Gasteiger partial charge in [0.25, 0.3) is 5.91 Å². The third kappa shape index (κ3) is 2.40. The van der Waals surface area contributed by atoms with Crippen LogP contribution in [0.3, 0.4) is 0 Å². The molecule has 2 aromatic rings. The fraction of sp³-hybridized carbons (Fsp3) is 0.400. The quantitative estimate of drug-likeness (QED) is 0.866. The molecule has 6 heteroatoms. The summed E-state index contributed by atoms with van der Waals surface area (Å²) in [6.07, 6.45) is 1.85. The maximum Gasteiger partial charge on any atom is 0.271 e. The molecule has 1 aliphatic heterocycles. The number of hydrogen-bond acceptors (Lipinski definition) is 5. The maximum atomic E-state index is 12.9.